The van der Waals surface area contributed by atoms with E-state index in [1.54, 1.807) is 12.1 Å². The first kappa shape index (κ1) is 16.7. The van der Waals surface area contributed by atoms with Crippen LogP contribution >= 0.6 is 15.9 Å². The van der Waals surface area contributed by atoms with Crippen LogP contribution in [0.1, 0.15) is 27.7 Å². The van der Waals surface area contributed by atoms with Crippen LogP contribution in [0.2, 0.25) is 0 Å². The Morgan fingerprint density at radius 3 is 2.19 bits per heavy atom. The molecule has 1 fully saturated rings. The van der Waals surface area contributed by atoms with Gasteiger partial charge in [0.2, 0.25) is 10.0 Å². The van der Waals surface area contributed by atoms with Gasteiger partial charge in [0, 0.05) is 23.2 Å². The van der Waals surface area contributed by atoms with Gasteiger partial charge in [-0.1, -0.05) is 0 Å². The Labute approximate surface area is 134 Å². The van der Waals surface area contributed by atoms with Crippen molar-refractivity contribution in [3.05, 3.63) is 22.7 Å². The molecule has 7 heteroatoms. The number of nitrogen functional groups attached to an aromatic ring is 1. The molecule has 118 valence electrons. The molecule has 5 nitrogen and oxygen atoms in total. The van der Waals surface area contributed by atoms with Crippen LogP contribution in [0.25, 0.3) is 0 Å². The van der Waals surface area contributed by atoms with Gasteiger partial charge in [0.15, 0.2) is 0 Å². The lowest BCUT2D eigenvalue weighted by molar-refractivity contribution is -0.163. The molecule has 1 heterocycles. The predicted molar refractivity (Wildman–Crippen MR) is 86.6 cm³/mol. The Morgan fingerprint density at radius 1 is 1.19 bits per heavy atom. The minimum Gasteiger partial charge on any atom is -0.399 e. The molecule has 1 aliphatic heterocycles. The van der Waals surface area contributed by atoms with Crippen LogP contribution in [0.15, 0.2) is 27.6 Å². The average Bonchev–Trinajstić information content (AvgIpc) is 2.23. The lowest BCUT2D eigenvalue weighted by Gasteiger charge is -2.46. The van der Waals surface area contributed by atoms with Crippen molar-refractivity contribution in [2.45, 2.75) is 43.8 Å². The predicted octanol–water partition coefficient (Wildman–Crippen LogP) is 2.61. The van der Waals surface area contributed by atoms with E-state index in [-0.39, 0.29) is 4.90 Å². The van der Waals surface area contributed by atoms with E-state index in [1.165, 1.54) is 10.4 Å². The van der Waals surface area contributed by atoms with Crippen LogP contribution in [0.4, 0.5) is 5.69 Å². The highest BCUT2D eigenvalue weighted by atomic mass is 79.9. The van der Waals surface area contributed by atoms with Crippen molar-refractivity contribution in [1.29, 1.82) is 0 Å². The van der Waals surface area contributed by atoms with Gasteiger partial charge in [-0.15, -0.1) is 0 Å². The average molecular weight is 377 g/mol. The summed E-state index contributed by atoms with van der Waals surface area (Å²) in [5.74, 6) is 0. The summed E-state index contributed by atoms with van der Waals surface area (Å²) in [5.41, 5.74) is 5.13. The second kappa shape index (κ2) is 5.22. The summed E-state index contributed by atoms with van der Waals surface area (Å²) in [4.78, 5) is 0.227. The highest BCUT2D eigenvalue weighted by Crippen LogP contribution is 2.34. The summed E-state index contributed by atoms with van der Waals surface area (Å²) in [6.45, 7) is 8.22. The van der Waals surface area contributed by atoms with Crippen LogP contribution in [0.3, 0.4) is 0 Å². The Hall–Kier alpha value is -0.630. The first-order valence-electron chi connectivity index (χ1n) is 6.68. The van der Waals surface area contributed by atoms with Crippen molar-refractivity contribution in [2.75, 3.05) is 18.8 Å². The van der Waals surface area contributed by atoms with Gasteiger partial charge in [-0.2, -0.15) is 4.31 Å². The number of benzene rings is 1. The summed E-state index contributed by atoms with van der Waals surface area (Å²) < 4.78 is 33.7. The van der Waals surface area contributed by atoms with Crippen LogP contribution in [0, 0.1) is 0 Å². The summed E-state index contributed by atoms with van der Waals surface area (Å²) in [7, 11) is -3.60. The number of nitrogens with zero attached hydrogens (tertiary/aromatic N) is 1. The number of nitrogens with two attached hydrogens (primary N) is 1. The zero-order chi connectivity index (χ0) is 16.1. The largest absolute Gasteiger partial charge is 0.399 e. The van der Waals surface area contributed by atoms with E-state index >= 15 is 0 Å². The second-order valence-electron chi connectivity index (χ2n) is 6.58. The topological polar surface area (TPSA) is 72.6 Å². The number of hydrogen-bond acceptors (Lipinski definition) is 4. The van der Waals surface area contributed by atoms with Crippen LogP contribution in [-0.2, 0) is 14.8 Å². The maximum absolute atomic E-state index is 12.9. The van der Waals surface area contributed by atoms with E-state index in [0.29, 0.717) is 23.2 Å². The number of ether oxygens (including phenoxy) is 1. The molecule has 0 atom stereocenters. The van der Waals surface area contributed by atoms with Crippen molar-refractivity contribution >= 4 is 31.6 Å². The molecule has 0 unspecified atom stereocenters. The highest BCUT2D eigenvalue weighted by Gasteiger charge is 2.43. The molecule has 0 amide bonds. The standard InChI is InChI=1S/C14H21BrN2O3S/c1-13(2)8-17(9-14(3,4)20-13)21(18,19)12-6-5-10(16)7-11(12)15/h5-7H,8-9,16H2,1-4H3. The smallest absolute Gasteiger partial charge is 0.244 e. The van der Waals surface area contributed by atoms with E-state index in [2.05, 4.69) is 15.9 Å². The number of anilines is 1. The zero-order valence-electron chi connectivity index (χ0n) is 12.7. The van der Waals surface area contributed by atoms with Crippen molar-refractivity contribution in [3.63, 3.8) is 0 Å². The lowest BCUT2D eigenvalue weighted by atomic mass is 10.0. The van der Waals surface area contributed by atoms with Crippen molar-refractivity contribution in [3.8, 4) is 0 Å². The monoisotopic (exact) mass is 376 g/mol. The molecule has 2 rings (SSSR count). The van der Waals surface area contributed by atoms with E-state index in [9.17, 15) is 8.42 Å². The molecule has 1 aromatic carbocycles. The maximum atomic E-state index is 12.9. The summed E-state index contributed by atoms with van der Waals surface area (Å²) in [5, 5.41) is 0. The first-order valence-corrected chi connectivity index (χ1v) is 8.92. The number of rotatable bonds is 2. The Balaban J connectivity index is 2.43. The fourth-order valence-electron chi connectivity index (χ4n) is 2.75. The first-order chi connectivity index (χ1) is 9.43. The summed E-state index contributed by atoms with van der Waals surface area (Å²) >= 11 is 3.29. The number of hydrogen-bond donors (Lipinski definition) is 1. The number of morpholine rings is 1. The van der Waals surface area contributed by atoms with Crippen molar-refractivity contribution in [1.82, 2.24) is 4.31 Å². The fourth-order valence-corrected chi connectivity index (χ4v) is 5.55. The molecule has 0 bridgehead atoms. The fraction of sp³-hybridized carbons (Fsp3) is 0.571. The third-order valence-corrected chi connectivity index (χ3v) is 6.01. The van der Waals surface area contributed by atoms with Crippen molar-refractivity contribution in [2.24, 2.45) is 0 Å². The third kappa shape index (κ3) is 3.59. The SMILES string of the molecule is CC1(C)CN(S(=O)(=O)c2ccc(N)cc2Br)CC(C)(C)O1. The van der Waals surface area contributed by atoms with Crippen molar-refractivity contribution < 1.29 is 13.2 Å². The van der Waals surface area contributed by atoms with E-state index < -0.39 is 21.2 Å². The molecule has 0 aliphatic carbocycles. The number of halogens is 1. The van der Waals surface area contributed by atoms with Gasteiger partial charge >= 0.3 is 0 Å². The van der Waals surface area contributed by atoms with E-state index in [4.69, 9.17) is 10.5 Å². The Kier molecular flexibility index (Phi) is 4.16. The zero-order valence-corrected chi connectivity index (χ0v) is 15.1. The molecule has 0 saturated carbocycles. The lowest BCUT2D eigenvalue weighted by Crippen LogP contribution is -2.58. The Bertz CT molecular complexity index is 640. The maximum Gasteiger partial charge on any atom is 0.244 e. The summed E-state index contributed by atoms with van der Waals surface area (Å²) in [6, 6.07) is 4.72. The highest BCUT2D eigenvalue weighted by molar-refractivity contribution is 9.10. The van der Waals surface area contributed by atoms with Gasteiger partial charge in [0.05, 0.1) is 16.1 Å². The van der Waals surface area contributed by atoms with E-state index in [1.807, 2.05) is 27.7 Å². The second-order valence-corrected chi connectivity index (χ2v) is 9.35. The van der Waals surface area contributed by atoms with Gasteiger partial charge < -0.3 is 10.5 Å². The van der Waals surface area contributed by atoms with Crippen LogP contribution in [-0.4, -0.2) is 37.0 Å². The minimum atomic E-state index is -3.60. The molecule has 0 radical (unpaired) electrons. The van der Waals surface area contributed by atoms with Crippen LogP contribution in [0.5, 0.6) is 0 Å². The Morgan fingerprint density at radius 2 is 1.71 bits per heavy atom. The molecular formula is C14H21BrN2O3S. The molecule has 21 heavy (non-hydrogen) atoms. The van der Waals surface area contributed by atoms with Gasteiger partial charge in [0.1, 0.15) is 0 Å². The third-order valence-electron chi connectivity index (χ3n) is 3.24. The molecule has 1 aromatic rings. The van der Waals surface area contributed by atoms with Gasteiger partial charge in [0.25, 0.3) is 0 Å². The molecule has 1 aliphatic rings. The normalized spacial score (nSPS) is 22.1. The molecule has 0 spiro atoms. The molecular weight excluding hydrogens is 356 g/mol. The molecule has 1 saturated heterocycles. The van der Waals surface area contributed by atoms with Gasteiger partial charge in [-0.25, -0.2) is 8.42 Å². The quantitative estimate of drug-likeness (QED) is 0.805. The minimum absolute atomic E-state index is 0.227. The van der Waals surface area contributed by atoms with Gasteiger partial charge in [-0.3, -0.25) is 0 Å². The van der Waals surface area contributed by atoms with Crippen LogP contribution < -0.4 is 5.73 Å². The van der Waals surface area contributed by atoms with E-state index in [0.717, 1.165) is 0 Å². The molecule has 0 aromatic heterocycles. The van der Waals surface area contributed by atoms with Gasteiger partial charge in [-0.05, 0) is 61.8 Å². The number of sulfonamides is 1. The molecule has 2 N–H and O–H groups in total. The summed E-state index contributed by atoms with van der Waals surface area (Å²) in [6.07, 6.45) is 0.